The van der Waals surface area contributed by atoms with E-state index in [1.54, 1.807) is 12.2 Å². The summed E-state index contributed by atoms with van der Waals surface area (Å²) in [5.41, 5.74) is 5.24. The fourth-order valence-electron chi connectivity index (χ4n) is 1.74. The molecule has 0 spiro atoms. The van der Waals surface area contributed by atoms with Crippen LogP contribution in [0.3, 0.4) is 0 Å². The van der Waals surface area contributed by atoms with Crippen molar-refractivity contribution in [1.29, 1.82) is 5.26 Å². The number of hydrogen-bond donors (Lipinski definition) is 1. The first-order chi connectivity index (χ1) is 8.89. The van der Waals surface area contributed by atoms with Crippen molar-refractivity contribution in [3.8, 4) is 6.07 Å². The number of primary amides is 1. The molecule has 1 atom stereocenters. The van der Waals surface area contributed by atoms with Crippen LogP contribution in [0.4, 0.5) is 4.39 Å². The maximum atomic E-state index is 12.7. The summed E-state index contributed by atoms with van der Waals surface area (Å²) in [6, 6.07) is 2.26. The van der Waals surface area contributed by atoms with Crippen LogP contribution in [0.5, 0.6) is 0 Å². The minimum absolute atomic E-state index is 0.170. The summed E-state index contributed by atoms with van der Waals surface area (Å²) in [5.74, 6) is -0.729. The minimum Gasteiger partial charge on any atom is -0.370 e. The number of allylic oxidation sites excluding steroid dienone is 5. The fraction of sp³-hybridized carbons (Fsp3) is 0.467. The Morgan fingerprint density at radius 1 is 1.53 bits per heavy atom. The summed E-state index contributed by atoms with van der Waals surface area (Å²) in [6.07, 6.45) is 6.15. The Labute approximate surface area is 114 Å². The summed E-state index contributed by atoms with van der Waals surface area (Å²) >= 11 is 0. The molecule has 0 aliphatic heterocycles. The zero-order chi connectivity index (χ0) is 14.9. The average molecular weight is 264 g/mol. The Morgan fingerprint density at radius 2 is 2.16 bits per heavy atom. The third-order valence-electron chi connectivity index (χ3n) is 3.10. The van der Waals surface area contributed by atoms with Crippen LogP contribution in [0.2, 0.25) is 0 Å². The highest BCUT2D eigenvalue weighted by Crippen LogP contribution is 2.34. The van der Waals surface area contributed by atoms with Crippen LogP contribution in [0.1, 0.15) is 39.5 Å². The van der Waals surface area contributed by atoms with Gasteiger partial charge in [-0.05, 0) is 37.8 Å². The van der Waals surface area contributed by atoms with E-state index in [1.807, 2.05) is 6.92 Å². The van der Waals surface area contributed by atoms with Crippen molar-refractivity contribution in [3.05, 3.63) is 36.2 Å². The van der Waals surface area contributed by atoms with Gasteiger partial charge in [-0.3, -0.25) is 4.79 Å². The predicted octanol–water partition coefficient (Wildman–Crippen LogP) is 3.55. The van der Waals surface area contributed by atoms with Crippen LogP contribution >= 0.6 is 0 Å². The second-order valence-electron chi connectivity index (χ2n) is 4.59. The Kier molecular flexibility index (Phi) is 7.43. The molecule has 1 unspecified atom stereocenters. The molecule has 19 heavy (non-hydrogen) atoms. The lowest BCUT2D eigenvalue weighted by Crippen LogP contribution is -2.22. The molecule has 0 fully saturated rings. The molecule has 3 nitrogen and oxygen atoms in total. The SMILES string of the molecule is C=C/C(=C/C=C(/C)F)CC(C#N)(CC)CCC(N)=O. The van der Waals surface area contributed by atoms with Gasteiger partial charge in [0.1, 0.15) is 0 Å². The Hall–Kier alpha value is -1.89. The molecule has 0 saturated heterocycles. The molecular formula is C15H21FN2O. The molecule has 0 saturated carbocycles. The smallest absolute Gasteiger partial charge is 0.217 e. The van der Waals surface area contributed by atoms with Gasteiger partial charge in [-0.15, -0.1) is 0 Å². The molecule has 0 aromatic heterocycles. The maximum absolute atomic E-state index is 12.7. The zero-order valence-electron chi connectivity index (χ0n) is 11.6. The predicted molar refractivity (Wildman–Crippen MR) is 74.5 cm³/mol. The number of nitrogens with two attached hydrogens (primary N) is 1. The van der Waals surface area contributed by atoms with Gasteiger partial charge in [0.25, 0.3) is 0 Å². The van der Waals surface area contributed by atoms with Crippen molar-refractivity contribution in [2.45, 2.75) is 39.5 Å². The van der Waals surface area contributed by atoms with Crippen molar-refractivity contribution in [3.63, 3.8) is 0 Å². The number of halogens is 1. The molecule has 0 aliphatic carbocycles. The molecule has 0 heterocycles. The minimum atomic E-state index is -0.660. The summed E-state index contributed by atoms with van der Waals surface area (Å²) in [4.78, 5) is 10.9. The van der Waals surface area contributed by atoms with Gasteiger partial charge < -0.3 is 5.73 Å². The van der Waals surface area contributed by atoms with Crippen LogP contribution in [0, 0.1) is 16.7 Å². The molecule has 0 bridgehead atoms. The number of carbonyl (C=O) groups is 1. The average Bonchev–Trinajstić information content (AvgIpc) is 2.38. The van der Waals surface area contributed by atoms with Crippen LogP contribution in [0.25, 0.3) is 0 Å². The molecule has 4 heteroatoms. The second kappa shape index (κ2) is 8.25. The quantitative estimate of drug-likeness (QED) is 0.681. The molecule has 0 radical (unpaired) electrons. The summed E-state index contributed by atoms with van der Waals surface area (Å²) in [6.45, 7) is 6.90. The Balaban J connectivity index is 5.05. The van der Waals surface area contributed by atoms with Crippen molar-refractivity contribution in [2.75, 3.05) is 0 Å². The van der Waals surface area contributed by atoms with Crippen molar-refractivity contribution in [1.82, 2.24) is 0 Å². The molecule has 0 aromatic carbocycles. The monoisotopic (exact) mass is 264 g/mol. The molecule has 0 aliphatic rings. The zero-order valence-corrected chi connectivity index (χ0v) is 11.6. The molecule has 2 N–H and O–H groups in total. The van der Waals surface area contributed by atoms with Gasteiger partial charge in [0.15, 0.2) is 0 Å². The molecule has 0 rings (SSSR count). The lowest BCUT2D eigenvalue weighted by molar-refractivity contribution is -0.118. The first-order valence-electron chi connectivity index (χ1n) is 6.24. The second-order valence-corrected chi connectivity index (χ2v) is 4.59. The van der Waals surface area contributed by atoms with E-state index >= 15 is 0 Å². The van der Waals surface area contributed by atoms with Gasteiger partial charge in [0.2, 0.25) is 5.91 Å². The Bertz CT molecular complexity index is 428. The highest BCUT2D eigenvalue weighted by molar-refractivity contribution is 5.73. The lowest BCUT2D eigenvalue weighted by Gasteiger charge is -2.25. The van der Waals surface area contributed by atoms with Gasteiger partial charge in [0, 0.05) is 6.42 Å². The largest absolute Gasteiger partial charge is 0.370 e. The van der Waals surface area contributed by atoms with Gasteiger partial charge in [-0.25, -0.2) is 4.39 Å². The van der Waals surface area contributed by atoms with E-state index < -0.39 is 11.3 Å². The third-order valence-corrected chi connectivity index (χ3v) is 3.10. The van der Waals surface area contributed by atoms with E-state index in [0.29, 0.717) is 19.3 Å². The van der Waals surface area contributed by atoms with E-state index in [4.69, 9.17) is 5.73 Å². The van der Waals surface area contributed by atoms with Crippen LogP contribution in [-0.4, -0.2) is 5.91 Å². The highest BCUT2D eigenvalue weighted by Gasteiger charge is 2.28. The summed E-state index contributed by atoms with van der Waals surface area (Å²) < 4.78 is 12.7. The van der Waals surface area contributed by atoms with E-state index in [0.717, 1.165) is 5.57 Å². The van der Waals surface area contributed by atoms with Crippen molar-refractivity contribution in [2.24, 2.45) is 11.1 Å². The standard InChI is InChI=1S/C15H21FN2O/c1-4-13(7-6-12(3)16)10-15(5-2,11-17)9-8-14(18)19/h4,6-7H,1,5,8-10H2,2-3H3,(H2,18,19)/b12-6-,13-7-. The molecule has 1 amide bonds. The lowest BCUT2D eigenvalue weighted by atomic mass is 9.76. The normalized spacial score (nSPS) is 15.5. The molecular weight excluding hydrogens is 243 g/mol. The van der Waals surface area contributed by atoms with Gasteiger partial charge in [0.05, 0.1) is 17.3 Å². The Morgan fingerprint density at radius 3 is 2.53 bits per heavy atom. The number of carbonyl (C=O) groups excluding carboxylic acids is 1. The van der Waals surface area contributed by atoms with Gasteiger partial charge in [-0.2, -0.15) is 5.26 Å². The fourth-order valence-corrected chi connectivity index (χ4v) is 1.74. The number of hydrogen-bond acceptors (Lipinski definition) is 2. The van der Waals surface area contributed by atoms with Crippen molar-refractivity contribution < 1.29 is 9.18 Å². The van der Waals surface area contributed by atoms with E-state index in [-0.39, 0.29) is 12.2 Å². The summed E-state index contributed by atoms with van der Waals surface area (Å²) in [5, 5.41) is 9.36. The number of nitriles is 1. The third kappa shape index (κ3) is 6.56. The first-order valence-corrected chi connectivity index (χ1v) is 6.24. The van der Waals surface area contributed by atoms with Gasteiger partial charge in [-0.1, -0.05) is 25.7 Å². The number of nitrogens with zero attached hydrogens (tertiary/aromatic N) is 1. The molecule has 104 valence electrons. The van der Waals surface area contributed by atoms with Crippen LogP contribution in [0.15, 0.2) is 36.2 Å². The van der Waals surface area contributed by atoms with E-state index in [9.17, 15) is 14.4 Å². The van der Waals surface area contributed by atoms with E-state index in [2.05, 4.69) is 12.6 Å². The van der Waals surface area contributed by atoms with E-state index in [1.165, 1.54) is 13.0 Å². The maximum Gasteiger partial charge on any atom is 0.217 e. The van der Waals surface area contributed by atoms with Gasteiger partial charge >= 0.3 is 0 Å². The van der Waals surface area contributed by atoms with Crippen LogP contribution < -0.4 is 5.73 Å². The number of rotatable bonds is 8. The van der Waals surface area contributed by atoms with Crippen molar-refractivity contribution >= 4 is 5.91 Å². The van der Waals surface area contributed by atoms with Crippen LogP contribution in [-0.2, 0) is 4.79 Å². The number of amides is 1. The summed E-state index contributed by atoms with van der Waals surface area (Å²) in [7, 11) is 0. The topological polar surface area (TPSA) is 66.9 Å². The molecule has 0 aromatic rings. The first kappa shape index (κ1) is 17.1. The highest BCUT2D eigenvalue weighted by atomic mass is 19.1.